The summed E-state index contributed by atoms with van der Waals surface area (Å²) in [5.41, 5.74) is 3.05. The fourth-order valence-electron chi connectivity index (χ4n) is 3.75. The van der Waals surface area contributed by atoms with Crippen molar-refractivity contribution in [3.63, 3.8) is 0 Å². The van der Waals surface area contributed by atoms with Crippen LogP contribution in [0.4, 0.5) is 0 Å². The minimum atomic E-state index is 0.669. The Balaban J connectivity index is 1.42. The highest BCUT2D eigenvalue weighted by molar-refractivity contribution is 5.82. The first kappa shape index (κ1) is 23.8. The zero-order valence-electron chi connectivity index (χ0n) is 19.7. The van der Waals surface area contributed by atoms with E-state index in [1.54, 1.807) is 0 Å². The second-order valence-electron chi connectivity index (χ2n) is 8.25. The van der Waals surface area contributed by atoms with Crippen molar-refractivity contribution < 1.29 is 9.47 Å². The van der Waals surface area contributed by atoms with E-state index in [0.717, 1.165) is 46.7 Å². The summed E-state index contributed by atoms with van der Waals surface area (Å²) in [5, 5.41) is 1.09. The molecule has 0 amide bonds. The second-order valence-corrected chi connectivity index (χ2v) is 8.25. The van der Waals surface area contributed by atoms with Crippen molar-refractivity contribution in [2.24, 2.45) is 0 Å². The third kappa shape index (κ3) is 8.03. The highest BCUT2D eigenvalue weighted by Gasteiger charge is 2.00. The van der Waals surface area contributed by atoms with E-state index in [-0.39, 0.29) is 0 Å². The second kappa shape index (κ2) is 13.6. The van der Waals surface area contributed by atoms with Crippen LogP contribution in [-0.4, -0.2) is 18.2 Å². The molecule has 0 unspecified atom stereocenters. The van der Waals surface area contributed by atoms with Gasteiger partial charge in [-0.1, -0.05) is 76.1 Å². The Morgan fingerprint density at radius 3 is 2.16 bits per heavy atom. The predicted octanol–water partition coefficient (Wildman–Crippen LogP) is 8.32. The van der Waals surface area contributed by atoms with Crippen LogP contribution in [0.2, 0.25) is 0 Å². The number of ether oxygens (including phenoxy) is 2. The van der Waals surface area contributed by atoms with Gasteiger partial charge in [0.2, 0.25) is 0 Å². The van der Waals surface area contributed by atoms with Gasteiger partial charge >= 0.3 is 0 Å². The van der Waals surface area contributed by atoms with E-state index >= 15 is 0 Å². The number of hydrogen-bond acceptors (Lipinski definition) is 3. The van der Waals surface area contributed by atoms with Crippen LogP contribution in [0.25, 0.3) is 23.1 Å². The van der Waals surface area contributed by atoms with Crippen molar-refractivity contribution in [2.45, 2.75) is 65.2 Å². The Hall–Kier alpha value is -2.81. The molecular formula is C29H37NO2. The van der Waals surface area contributed by atoms with Crippen molar-refractivity contribution in [3.05, 3.63) is 65.9 Å². The number of pyridine rings is 1. The Bertz CT molecular complexity index is 963. The first-order valence-corrected chi connectivity index (χ1v) is 12.2. The van der Waals surface area contributed by atoms with Gasteiger partial charge in [0.1, 0.15) is 11.5 Å². The van der Waals surface area contributed by atoms with E-state index in [9.17, 15) is 0 Å². The summed E-state index contributed by atoms with van der Waals surface area (Å²) in [4.78, 5) is 4.73. The average molecular weight is 432 g/mol. The number of hydrogen-bond donors (Lipinski definition) is 0. The van der Waals surface area contributed by atoms with Crippen molar-refractivity contribution >= 4 is 23.1 Å². The standard InChI is InChI=1S/C29H37NO2/c1-3-5-6-7-8-9-10-11-22-32-27-18-13-24(14-19-27)12-16-26-17-15-25-23-28(31-4-2)20-21-29(25)30-26/h12-21,23H,3-11,22H2,1-2H3. The van der Waals surface area contributed by atoms with E-state index in [1.165, 1.54) is 44.9 Å². The lowest BCUT2D eigenvalue weighted by atomic mass is 10.1. The van der Waals surface area contributed by atoms with Gasteiger partial charge in [-0.15, -0.1) is 0 Å². The smallest absolute Gasteiger partial charge is 0.120 e. The Morgan fingerprint density at radius 1 is 0.688 bits per heavy atom. The normalized spacial score (nSPS) is 11.3. The first-order valence-electron chi connectivity index (χ1n) is 12.2. The average Bonchev–Trinajstić information content (AvgIpc) is 2.82. The summed E-state index contributed by atoms with van der Waals surface area (Å²) >= 11 is 0. The van der Waals surface area contributed by atoms with Gasteiger partial charge in [-0.05, 0) is 61.4 Å². The molecule has 0 fully saturated rings. The molecule has 3 rings (SSSR count). The molecule has 1 aromatic heterocycles. The van der Waals surface area contributed by atoms with Crippen molar-refractivity contribution in [1.29, 1.82) is 0 Å². The topological polar surface area (TPSA) is 31.4 Å². The Morgan fingerprint density at radius 2 is 1.41 bits per heavy atom. The van der Waals surface area contributed by atoms with Gasteiger partial charge in [-0.25, -0.2) is 4.98 Å². The van der Waals surface area contributed by atoms with Crippen LogP contribution in [0.15, 0.2) is 54.6 Å². The van der Waals surface area contributed by atoms with Crippen LogP contribution >= 0.6 is 0 Å². The monoisotopic (exact) mass is 431 g/mol. The molecule has 0 saturated carbocycles. The molecule has 0 aliphatic rings. The van der Waals surface area contributed by atoms with Crippen LogP contribution in [0.1, 0.15) is 76.5 Å². The zero-order chi connectivity index (χ0) is 22.4. The number of aromatic nitrogens is 1. The Labute approximate surface area is 193 Å². The largest absolute Gasteiger partial charge is 0.494 e. The molecule has 170 valence electrons. The number of unbranched alkanes of at least 4 members (excludes halogenated alkanes) is 7. The van der Waals surface area contributed by atoms with Crippen molar-refractivity contribution in [2.75, 3.05) is 13.2 Å². The maximum atomic E-state index is 5.90. The third-order valence-electron chi connectivity index (χ3n) is 5.59. The van der Waals surface area contributed by atoms with Gasteiger partial charge in [0.05, 0.1) is 24.4 Å². The maximum Gasteiger partial charge on any atom is 0.120 e. The number of rotatable bonds is 14. The number of benzene rings is 2. The summed E-state index contributed by atoms with van der Waals surface area (Å²) in [7, 11) is 0. The van der Waals surface area contributed by atoms with Gasteiger partial charge in [0, 0.05) is 5.39 Å². The highest BCUT2D eigenvalue weighted by atomic mass is 16.5. The van der Waals surface area contributed by atoms with E-state index < -0.39 is 0 Å². The lowest BCUT2D eigenvalue weighted by Gasteiger charge is -2.06. The minimum Gasteiger partial charge on any atom is -0.494 e. The maximum absolute atomic E-state index is 5.90. The summed E-state index contributed by atoms with van der Waals surface area (Å²) in [6.45, 7) is 5.73. The van der Waals surface area contributed by atoms with Crippen LogP contribution in [0.5, 0.6) is 11.5 Å². The summed E-state index contributed by atoms with van der Waals surface area (Å²) in [6, 6.07) is 18.4. The molecule has 32 heavy (non-hydrogen) atoms. The van der Waals surface area contributed by atoms with Gasteiger partial charge in [-0.2, -0.15) is 0 Å². The fraction of sp³-hybridized carbons (Fsp3) is 0.414. The fourth-order valence-corrected chi connectivity index (χ4v) is 3.75. The zero-order valence-corrected chi connectivity index (χ0v) is 19.7. The van der Waals surface area contributed by atoms with Crippen LogP contribution < -0.4 is 9.47 Å². The van der Waals surface area contributed by atoms with E-state index in [2.05, 4.69) is 31.2 Å². The van der Waals surface area contributed by atoms with Crippen molar-refractivity contribution in [1.82, 2.24) is 4.98 Å². The van der Waals surface area contributed by atoms with E-state index in [1.807, 2.05) is 49.4 Å². The number of fused-ring (bicyclic) bond motifs is 1. The quantitative estimate of drug-likeness (QED) is 0.240. The highest BCUT2D eigenvalue weighted by Crippen LogP contribution is 2.21. The molecule has 0 saturated heterocycles. The molecule has 3 aromatic rings. The molecule has 0 aliphatic heterocycles. The molecule has 0 N–H and O–H groups in total. The summed E-state index contributed by atoms with van der Waals surface area (Å²) in [6.07, 6.45) is 14.7. The van der Waals surface area contributed by atoms with Crippen molar-refractivity contribution in [3.8, 4) is 11.5 Å². The molecule has 0 atom stereocenters. The summed E-state index contributed by atoms with van der Waals surface area (Å²) in [5.74, 6) is 1.83. The first-order chi connectivity index (χ1) is 15.8. The lowest BCUT2D eigenvalue weighted by molar-refractivity contribution is 0.304. The molecule has 1 heterocycles. The van der Waals surface area contributed by atoms with Gasteiger partial charge in [-0.3, -0.25) is 0 Å². The molecular weight excluding hydrogens is 394 g/mol. The van der Waals surface area contributed by atoms with Gasteiger partial charge in [0.25, 0.3) is 0 Å². The third-order valence-corrected chi connectivity index (χ3v) is 5.59. The summed E-state index contributed by atoms with van der Waals surface area (Å²) < 4.78 is 11.5. The molecule has 0 spiro atoms. The van der Waals surface area contributed by atoms with Gasteiger partial charge < -0.3 is 9.47 Å². The SMILES string of the molecule is CCCCCCCCCCOc1ccc(C=Cc2ccc3cc(OCC)ccc3n2)cc1. The van der Waals surface area contributed by atoms with E-state index in [0.29, 0.717) is 6.61 Å². The molecule has 3 nitrogen and oxygen atoms in total. The Kier molecular flexibility index (Phi) is 10.1. The lowest BCUT2D eigenvalue weighted by Crippen LogP contribution is -1.97. The van der Waals surface area contributed by atoms with Crippen LogP contribution in [-0.2, 0) is 0 Å². The predicted molar refractivity (Wildman–Crippen MR) is 136 cm³/mol. The minimum absolute atomic E-state index is 0.669. The van der Waals surface area contributed by atoms with Crippen LogP contribution in [0, 0.1) is 0 Å². The number of nitrogens with zero attached hydrogens (tertiary/aromatic N) is 1. The molecule has 0 aliphatic carbocycles. The molecule has 0 radical (unpaired) electrons. The van der Waals surface area contributed by atoms with Gasteiger partial charge in [0.15, 0.2) is 0 Å². The van der Waals surface area contributed by atoms with Crippen LogP contribution in [0.3, 0.4) is 0 Å². The molecule has 3 heteroatoms. The molecule has 2 aromatic carbocycles. The van der Waals surface area contributed by atoms with E-state index in [4.69, 9.17) is 14.5 Å². The molecule has 0 bridgehead atoms.